The van der Waals surface area contributed by atoms with Gasteiger partial charge in [0.1, 0.15) is 5.82 Å². The molecule has 0 spiro atoms. The Morgan fingerprint density at radius 2 is 1.60 bits per heavy atom. The number of anilines is 2. The Morgan fingerprint density at radius 3 is 2.27 bits per heavy atom. The molecule has 2 aromatic rings. The molecule has 0 saturated carbocycles. The van der Waals surface area contributed by atoms with Gasteiger partial charge in [-0.1, -0.05) is 0 Å². The highest BCUT2D eigenvalue weighted by Gasteiger charge is 2.09. The Hall–Kier alpha value is -1.77. The predicted octanol–water partition coefficient (Wildman–Crippen LogP) is 2.32. The standard InChI is InChI=1S/C12H15N3/c1-6-7(2)12(14)15-10-5-4-9(13)8(3)11(6)10/h4-5H,13H2,1-3H3,(H2,14,15). The Bertz CT molecular complexity index is 544. The molecule has 0 atom stereocenters. The molecule has 3 heteroatoms. The Morgan fingerprint density at radius 1 is 0.933 bits per heavy atom. The summed E-state index contributed by atoms with van der Waals surface area (Å²) >= 11 is 0. The monoisotopic (exact) mass is 201 g/mol. The lowest BCUT2D eigenvalue weighted by atomic mass is 10.00. The van der Waals surface area contributed by atoms with E-state index in [-0.39, 0.29) is 0 Å². The molecule has 0 aliphatic heterocycles. The number of nitrogens with zero attached hydrogens (tertiary/aromatic N) is 1. The molecule has 1 aromatic carbocycles. The lowest BCUT2D eigenvalue weighted by molar-refractivity contribution is 1.28. The highest BCUT2D eigenvalue weighted by Crippen LogP contribution is 2.29. The van der Waals surface area contributed by atoms with Crippen molar-refractivity contribution < 1.29 is 0 Å². The van der Waals surface area contributed by atoms with Crippen molar-refractivity contribution in [2.75, 3.05) is 11.5 Å². The second-order valence-corrected chi connectivity index (χ2v) is 3.92. The number of aromatic nitrogens is 1. The minimum Gasteiger partial charge on any atom is -0.398 e. The first kappa shape index (κ1) is 9.77. The van der Waals surface area contributed by atoms with Crippen molar-refractivity contribution in [3.63, 3.8) is 0 Å². The van der Waals surface area contributed by atoms with Crippen LogP contribution >= 0.6 is 0 Å². The van der Waals surface area contributed by atoms with Crippen LogP contribution in [0.5, 0.6) is 0 Å². The van der Waals surface area contributed by atoms with E-state index in [1.807, 2.05) is 26.0 Å². The maximum atomic E-state index is 5.88. The van der Waals surface area contributed by atoms with Gasteiger partial charge >= 0.3 is 0 Å². The molecular formula is C12H15N3. The van der Waals surface area contributed by atoms with Gasteiger partial charge in [0.25, 0.3) is 0 Å². The zero-order valence-corrected chi connectivity index (χ0v) is 9.26. The van der Waals surface area contributed by atoms with Gasteiger partial charge in [-0.15, -0.1) is 0 Å². The number of fused-ring (bicyclic) bond motifs is 1. The molecular weight excluding hydrogens is 186 g/mol. The van der Waals surface area contributed by atoms with E-state index in [1.165, 1.54) is 5.56 Å². The van der Waals surface area contributed by atoms with E-state index in [1.54, 1.807) is 0 Å². The molecule has 15 heavy (non-hydrogen) atoms. The van der Waals surface area contributed by atoms with E-state index in [2.05, 4.69) is 11.9 Å². The third-order valence-electron chi connectivity index (χ3n) is 3.05. The zero-order chi connectivity index (χ0) is 11.2. The Labute approximate surface area is 89.1 Å². The van der Waals surface area contributed by atoms with Crippen LogP contribution in [0.1, 0.15) is 16.7 Å². The molecule has 0 radical (unpaired) electrons. The summed E-state index contributed by atoms with van der Waals surface area (Å²) < 4.78 is 0. The second kappa shape index (κ2) is 3.12. The minimum atomic E-state index is 0.601. The van der Waals surface area contributed by atoms with Crippen LogP contribution in [-0.4, -0.2) is 4.98 Å². The highest BCUT2D eigenvalue weighted by molar-refractivity contribution is 5.91. The van der Waals surface area contributed by atoms with Crippen molar-refractivity contribution in [3.05, 3.63) is 28.8 Å². The maximum absolute atomic E-state index is 5.88. The average Bonchev–Trinajstić information content (AvgIpc) is 2.20. The van der Waals surface area contributed by atoms with Crippen LogP contribution in [0.2, 0.25) is 0 Å². The molecule has 0 aliphatic carbocycles. The number of benzene rings is 1. The summed E-state index contributed by atoms with van der Waals surface area (Å²) in [5.74, 6) is 0.601. The molecule has 0 aliphatic rings. The van der Waals surface area contributed by atoms with Gasteiger partial charge in [-0.3, -0.25) is 0 Å². The lowest BCUT2D eigenvalue weighted by Gasteiger charge is -2.11. The number of rotatable bonds is 0. The molecule has 0 fully saturated rings. The predicted molar refractivity (Wildman–Crippen MR) is 64.8 cm³/mol. The van der Waals surface area contributed by atoms with E-state index in [9.17, 15) is 0 Å². The second-order valence-electron chi connectivity index (χ2n) is 3.92. The molecule has 2 rings (SSSR count). The molecule has 1 aromatic heterocycles. The summed E-state index contributed by atoms with van der Waals surface area (Å²) in [6, 6.07) is 3.79. The van der Waals surface area contributed by atoms with Crippen molar-refractivity contribution in [1.82, 2.24) is 4.98 Å². The summed E-state index contributed by atoms with van der Waals surface area (Å²) in [5, 5.41) is 1.13. The van der Waals surface area contributed by atoms with Crippen molar-refractivity contribution >= 4 is 22.4 Å². The van der Waals surface area contributed by atoms with Gasteiger partial charge in [-0.2, -0.15) is 0 Å². The lowest BCUT2D eigenvalue weighted by Crippen LogP contribution is -2.00. The first-order chi connectivity index (χ1) is 7.02. The third kappa shape index (κ3) is 1.31. The topological polar surface area (TPSA) is 64.9 Å². The molecule has 3 nitrogen and oxygen atoms in total. The number of aryl methyl sites for hydroxylation is 2. The Balaban J connectivity index is 3.00. The van der Waals surface area contributed by atoms with Gasteiger partial charge in [0.05, 0.1) is 5.52 Å². The van der Waals surface area contributed by atoms with Crippen molar-refractivity contribution in [3.8, 4) is 0 Å². The van der Waals surface area contributed by atoms with Crippen LogP contribution in [0, 0.1) is 20.8 Å². The summed E-state index contributed by atoms with van der Waals surface area (Å²) in [6.07, 6.45) is 0. The molecule has 0 saturated heterocycles. The fourth-order valence-corrected chi connectivity index (χ4v) is 1.87. The number of nitrogen functional groups attached to an aromatic ring is 2. The molecule has 4 N–H and O–H groups in total. The molecule has 0 unspecified atom stereocenters. The van der Waals surface area contributed by atoms with E-state index in [4.69, 9.17) is 11.5 Å². The molecule has 0 amide bonds. The number of nitrogens with two attached hydrogens (primary N) is 2. The summed E-state index contributed by atoms with van der Waals surface area (Å²) in [5.41, 5.74) is 16.7. The van der Waals surface area contributed by atoms with Crippen molar-refractivity contribution in [2.24, 2.45) is 0 Å². The first-order valence-electron chi connectivity index (χ1n) is 4.94. The van der Waals surface area contributed by atoms with E-state index >= 15 is 0 Å². The molecule has 0 bridgehead atoms. The first-order valence-corrected chi connectivity index (χ1v) is 4.94. The number of pyridine rings is 1. The van der Waals surface area contributed by atoms with Gasteiger partial charge in [-0.05, 0) is 49.6 Å². The smallest absolute Gasteiger partial charge is 0.127 e. The number of hydrogen-bond acceptors (Lipinski definition) is 3. The fraction of sp³-hybridized carbons (Fsp3) is 0.250. The van der Waals surface area contributed by atoms with Crippen LogP contribution in [-0.2, 0) is 0 Å². The molecule has 78 valence electrons. The van der Waals surface area contributed by atoms with Gasteiger partial charge in [0.2, 0.25) is 0 Å². The van der Waals surface area contributed by atoms with Crippen molar-refractivity contribution in [2.45, 2.75) is 20.8 Å². The van der Waals surface area contributed by atoms with E-state index in [0.717, 1.165) is 27.7 Å². The van der Waals surface area contributed by atoms with E-state index in [0.29, 0.717) is 5.82 Å². The van der Waals surface area contributed by atoms with Crippen LogP contribution in [0.4, 0.5) is 11.5 Å². The van der Waals surface area contributed by atoms with Crippen LogP contribution < -0.4 is 11.5 Å². The minimum absolute atomic E-state index is 0.601. The molecule has 1 heterocycles. The summed E-state index contributed by atoms with van der Waals surface area (Å²) in [7, 11) is 0. The largest absolute Gasteiger partial charge is 0.398 e. The van der Waals surface area contributed by atoms with Crippen LogP contribution in [0.25, 0.3) is 10.9 Å². The quantitative estimate of drug-likeness (QED) is 0.643. The Kier molecular flexibility index (Phi) is 2.03. The van der Waals surface area contributed by atoms with Crippen LogP contribution in [0.3, 0.4) is 0 Å². The SMILES string of the molecule is Cc1c(N)nc2ccc(N)c(C)c2c1C. The summed E-state index contributed by atoms with van der Waals surface area (Å²) in [6.45, 7) is 6.06. The fourth-order valence-electron chi connectivity index (χ4n) is 1.87. The zero-order valence-electron chi connectivity index (χ0n) is 9.26. The summed E-state index contributed by atoms with van der Waals surface area (Å²) in [4.78, 5) is 4.36. The van der Waals surface area contributed by atoms with Gasteiger partial charge in [0, 0.05) is 11.1 Å². The maximum Gasteiger partial charge on any atom is 0.127 e. The third-order valence-corrected chi connectivity index (χ3v) is 3.05. The van der Waals surface area contributed by atoms with Gasteiger partial charge < -0.3 is 11.5 Å². The van der Waals surface area contributed by atoms with Crippen LogP contribution in [0.15, 0.2) is 12.1 Å². The normalized spacial score (nSPS) is 10.9. The van der Waals surface area contributed by atoms with Gasteiger partial charge in [0.15, 0.2) is 0 Å². The van der Waals surface area contributed by atoms with E-state index < -0.39 is 0 Å². The average molecular weight is 201 g/mol. The van der Waals surface area contributed by atoms with Crippen molar-refractivity contribution in [1.29, 1.82) is 0 Å². The highest BCUT2D eigenvalue weighted by atomic mass is 14.8. The number of hydrogen-bond donors (Lipinski definition) is 2. The van der Waals surface area contributed by atoms with Gasteiger partial charge in [-0.25, -0.2) is 4.98 Å².